The number of hydrogen-bond donors (Lipinski definition) is 1. The highest BCUT2D eigenvalue weighted by atomic mass is 16.5. The molecule has 1 N–H and O–H groups in total. The molecular weight excluding hydrogens is 168 g/mol. The zero-order valence-electron chi connectivity index (χ0n) is 8.54. The smallest absolute Gasteiger partial charge is 0.306 e. The maximum absolute atomic E-state index is 10.6. The highest BCUT2D eigenvalue weighted by molar-refractivity contribution is 5.69. The van der Waals surface area contributed by atoms with E-state index in [1.54, 1.807) is 6.92 Å². The van der Waals surface area contributed by atoms with E-state index in [9.17, 15) is 4.79 Å². The summed E-state index contributed by atoms with van der Waals surface area (Å²) < 4.78 is 5.53. The number of carboxylic acid groups (broad SMARTS) is 1. The SMILES string of the molecule is C[C@@H](CC1CC(C)(C)CO1)C(=O)O. The Labute approximate surface area is 79.1 Å². The van der Waals surface area contributed by atoms with Crippen LogP contribution in [0.4, 0.5) is 0 Å². The first-order valence-electron chi connectivity index (χ1n) is 4.75. The van der Waals surface area contributed by atoms with Crippen LogP contribution in [0.15, 0.2) is 0 Å². The van der Waals surface area contributed by atoms with Crippen LogP contribution in [0.2, 0.25) is 0 Å². The molecule has 0 aromatic carbocycles. The third-order valence-electron chi connectivity index (χ3n) is 2.53. The quantitative estimate of drug-likeness (QED) is 0.732. The number of ether oxygens (including phenoxy) is 1. The number of carbonyl (C=O) groups is 1. The monoisotopic (exact) mass is 186 g/mol. The lowest BCUT2D eigenvalue weighted by Crippen LogP contribution is -2.18. The minimum absolute atomic E-state index is 0.140. The molecule has 3 heteroatoms. The Hall–Kier alpha value is -0.570. The average molecular weight is 186 g/mol. The summed E-state index contributed by atoms with van der Waals surface area (Å²) in [4.78, 5) is 10.6. The Morgan fingerprint density at radius 2 is 2.31 bits per heavy atom. The predicted molar refractivity (Wildman–Crippen MR) is 49.6 cm³/mol. The van der Waals surface area contributed by atoms with Crippen LogP contribution in [0.3, 0.4) is 0 Å². The van der Waals surface area contributed by atoms with Crippen LogP contribution in [0.1, 0.15) is 33.6 Å². The summed E-state index contributed by atoms with van der Waals surface area (Å²) in [5, 5.41) is 8.72. The molecule has 0 spiro atoms. The summed E-state index contributed by atoms with van der Waals surface area (Å²) >= 11 is 0. The summed E-state index contributed by atoms with van der Waals surface area (Å²) in [5.41, 5.74) is 0.225. The van der Waals surface area contributed by atoms with Gasteiger partial charge in [0.15, 0.2) is 0 Å². The van der Waals surface area contributed by atoms with Gasteiger partial charge in [0.25, 0.3) is 0 Å². The molecule has 1 saturated heterocycles. The van der Waals surface area contributed by atoms with Crippen molar-refractivity contribution in [2.75, 3.05) is 6.61 Å². The number of hydrogen-bond acceptors (Lipinski definition) is 2. The Morgan fingerprint density at radius 3 is 2.69 bits per heavy atom. The van der Waals surface area contributed by atoms with E-state index in [1.807, 2.05) is 0 Å². The number of aliphatic carboxylic acids is 1. The van der Waals surface area contributed by atoms with Gasteiger partial charge in [0.2, 0.25) is 0 Å². The molecule has 1 fully saturated rings. The third kappa shape index (κ3) is 2.99. The molecule has 1 unspecified atom stereocenters. The molecule has 0 radical (unpaired) electrons. The Balaban J connectivity index is 2.36. The summed E-state index contributed by atoms with van der Waals surface area (Å²) in [5.74, 6) is -1.02. The Kier molecular flexibility index (Phi) is 2.96. The lowest BCUT2D eigenvalue weighted by Gasteiger charge is -2.15. The Morgan fingerprint density at radius 1 is 1.69 bits per heavy atom. The van der Waals surface area contributed by atoms with E-state index in [0.29, 0.717) is 6.42 Å². The molecule has 1 rings (SSSR count). The molecule has 0 aromatic heterocycles. The molecule has 0 aliphatic carbocycles. The van der Waals surface area contributed by atoms with Crippen molar-refractivity contribution in [3.8, 4) is 0 Å². The summed E-state index contributed by atoms with van der Waals surface area (Å²) in [6.45, 7) is 6.79. The van der Waals surface area contributed by atoms with E-state index in [0.717, 1.165) is 13.0 Å². The van der Waals surface area contributed by atoms with E-state index >= 15 is 0 Å². The lowest BCUT2D eigenvalue weighted by molar-refractivity contribution is -0.142. The molecule has 3 nitrogen and oxygen atoms in total. The van der Waals surface area contributed by atoms with E-state index in [1.165, 1.54) is 0 Å². The van der Waals surface area contributed by atoms with Crippen molar-refractivity contribution < 1.29 is 14.6 Å². The normalized spacial score (nSPS) is 28.7. The first kappa shape index (κ1) is 10.5. The fourth-order valence-electron chi connectivity index (χ4n) is 1.72. The number of carboxylic acids is 1. The van der Waals surface area contributed by atoms with Gasteiger partial charge in [0.1, 0.15) is 0 Å². The topological polar surface area (TPSA) is 46.5 Å². The minimum atomic E-state index is -0.728. The van der Waals surface area contributed by atoms with Gasteiger partial charge in [-0.25, -0.2) is 0 Å². The van der Waals surface area contributed by atoms with Crippen LogP contribution in [0, 0.1) is 11.3 Å². The second kappa shape index (κ2) is 3.66. The summed E-state index contributed by atoms with van der Waals surface area (Å²) in [6.07, 6.45) is 1.75. The van der Waals surface area contributed by atoms with Gasteiger partial charge in [0, 0.05) is 0 Å². The zero-order chi connectivity index (χ0) is 10.1. The second-order valence-electron chi connectivity index (χ2n) is 4.78. The van der Waals surface area contributed by atoms with Crippen molar-refractivity contribution in [2.45, 2.75) is 39.7 Å². The molecule has 1 aliphatic heterocycles. The molecule has 2 atom stereocenters. The molecule has 0 amide bonds. The summed E-state index contributed by atoms with van der Waals surface area (Å²) in [7, 11) is 0. The highest BCUT2D eigenvalue weighted by Crippen LogP contribution is 2.33. The Bertz CT molecular complexity index is 198. The molecule has 13 heavy (non-hydrogen) atoms. The van der Waals surface area contributed by atoms with Crippen LogP contribution < -0.4 is 0 Å². The third-order valence-corrected chi connectivity index (χ3v) is 2.53. The zero-order valence-corrected chi connectivity index (χ0v) is 8.54. The van der Waals surface area contributed by atoms with Crippen LogP contribution >= 0.6 is 0 Å². The van der Waals surface area contributed by atoms with Crippen molar-refractivity contribution >= 4 is 5.97 Å². The van der Waals surface area contributed by atoms with Gasteiger partial charge in [-0.15, -0.1) is 0 Å². The standard InChI is InChI=1S/C10H18O3/c1-7(9(11)12)4-8-5-10(2,3)6-13-8/h7-8H,4-6H2,1-3H3,(H,11,12)/t7-,8?/m0/s1. The number of rotatable bonds is 3. The lowest BCUT2D eigenvalue weighted by atomic mass is 9.88. The van der Waals surface area contributed by atoms with Crippen molar-refractivity contribution in [3.63, 3.8) is 0 Å². The molecule has 0 saturated carbocycles. The first-order chi connectivity index (χ1) is 5.91. The average Bonchev–Trinajstić information content (AvgIpc) is 2.30. The van der Waals surface area contributed by atoms with E-state index in [4.69, 9.17) is 9.84 Å². The van der Waals surface area contributed by atoms with Crippen LogP contribution in [0.5, 0.6) is 0 Å². The maximum atomic E-state index is 10.6. The van der Waals surface area contributed by atoms with Crippen molar-refractivity contribution in [3.05, 3.63) is 0 Å². The van der Waals surface area contributed by atoms with Gasteiger partial charge in [-0.1, -0.05) is 20.8 Å². The largest absolute Gasteiger partial charge is 0.481 e. The van der Waals surface area contributed by atoms with E-state index < -0.39 is 5.97 Å². The van der Waals surface area contributed by atoms with Gasteiger partial charge in [-0.3, -0.25) is 4.79 Å². The first-order valence-corrected chi connectivity index (χ1v) is 4.75. The molecule has 76 valence electrons. The second-order valence-corrected chi connectivity index (χ2v) is 4.78. The fraction of sp³-hybridized carbons (Fsp3) is 0.900. The van der Waals surface area contributed by atoms with Gasteiger partial charge >= 0.3 is 5.97 Å². The van der Waals surface area contributed by atoms with E-state index in [-0.39, 0.29) is 17.4 Å². The van der Waals surface area contributed by atoms with Crippen molar-refractivity contribution in [1.29, 1.82) is 0 Å². The molecule has 1 heterocycles. The van der Waals surface area contributed by atoms with Crippen LogP contribution in [-0.4, -0.2) is 23.8 Å². The maximum Gasteiger partial charge on any atom is 0.306 e. The predicted octanol–water partition coefficient (Wildman–Crippen LogP) is 1.91. The summed E-state index contributed by atoms with van der Waals surface area (Å²) in [6, 6.07) is 0. The van der Waals surface area contributed by atoms with E-state index in [2.05, 4.69) is 13.8 Å². The van der Waals surface area contributed by atoms with Gasteiger partial charge in [-0.05, 0) is 18.3 Å². The fourth-order valence-corrected chi connectivity index (χ4v) is 1.72. The van der Waals surface area contributed by atoms with Gasteiger partial charge < -0.3 is 9.84 Å². The molecule has 0 aromatic rings. The molecule has 0 bridgehead atoms. The minimum Gasteiger partial charge on any atom is -0.481 e. The molecule has 1 aliphatic rings. The van der Waals surface area contributed by atoms with Gasteiger partial charge in [0.05, 0.1) is 18.6 Å². The van der Waals surface area contributed by atoms with Crippen molar-refractivity contribution in [1.82, 2.24) is 0 Å². The van der Waals surface area contributed by atoms with Gasteiger partial charge in [-0.2, -0.15) is 0 Å². The highest BCUT2D eigenvalue weighted by Gasteiger charge is 2.33. The van der Waals surface area contributed by atoms with Crippen LogP contribution in [-0.2, 0) is 9.53 Å². The van der Waals surface area contributed by atoms with Crippen molar-refractivity contribution in [2.24, 2.45) is 11.3 Å². The molecular formula is C10H18O3. The van der Waals surface area contributed by atoms with Crippen LogP contribution in [0.25, 0.3) is 0 Å².